The van der Waals surface area contributed by atoms with Crippen molar-refractivity contribution in [1.29, 1.82) is 0 Å². The Morgan fingerprint density at radius 2 is 1.70 bits per heavy atom. The third-order valence-electron chi connectivity index (χ3n) is 5.54. The van der Waals surface area contributed by atoms with Gasteiger partial charge in [0.15, 0.2) is 11.5 Å². The van der Waals surface area contributed by atoms with Crippen LogP contribution in [0.3, 0.4) is 0 Å². The fraction of sp³-hybridized carbons (Fsp3) is 0.478. The Balaban J connectivity index is 0.00000256. The van der Waals surface area contributed by atoms with Crippen molar-refractivity contribution >= 4 is 0 Å². The summed E-state index contributed by atoms with van der Waals surface area (Å²) in [7, 11) is 0. The molecule has 1 N–H and O–H groups in total. The second-order valence-electron chi connectivity index (χ2n) is 8.00. The van der Waals surface area contributed by atoms with Crippen LogP contribution in [0.25, 0.3) is 0 Å². The quantitative estimate of drug-likeness (QED) is 0.641. The number of nitrogens with zero attached hydrogens (tertiary/aromatic N) is 2. The highest BCUT2D eigenvalue weighted by Crippen LogP contribution is 2.32. The summed E-state index contributed by atoms with van der Waals surface area (Å²) in [6, 6.07) is 12.3. The number of aryl methyl sites for hydroxylation is 2. The van der Waals surface area contributed by atoms with Crippen LogP contribution in [0, 0.1) is 13.8 Å². The molecule has 1 unspecified atom stereocenters. The molecule has 1 saturated heterocycles. The van der Waals surface area contributed by atoms with Crippen molar-refractivity contribution in [2.24, 2.45) is 0 Å². The molecule has 0 aliphatic carbocycles. The molecule has 6 nitrogen and oxygen atoms in total. The molecule has 2 aromatic rings. The number of hydrogen-bond donors (Lipinski definition) is 1. The van der Waals surface area contributed by atoms with Gasteiger partial charge >= 0.3 is 0 Å². The predicted molar refractivity (Wildman–Crippen MR) is 112 cm³/mol. The van der Waals surface area contributed by atoms with E-state index in [1.54, 1.807) is 0 Å². The topological polar surface area (TPSA) is 54.4 Å². The van der Waals surface area contributed by atoms with Crippen molar-refractivity contribution in [2.75, 3.05) is 46.1 Å². The molecule has 2 heterocycles. The van der Waals surface area contributed by atoms with Gasteiger partial charge in [0.05, 0.1) is 0 Å². The minimum atomic E-state index is -0.490. The van der Waals surface area contributed by atoms with E-state index in [1.807, 2.05) is 25.1 Å². The van der Waals surface area contributed by atoms with Crippen molar-refractivity contribution in [1.82, 2.24) is 9.80 Å². The van der Waals surface area contributed by atoms with Gasteiger partial charge in [-0.2, -0.15) is 0 Å². The average Bonchev–Trinajstić information content (AvgIpc) is 3.17. The van der Waals surface area contributed by atoms with Crippen LogP contribution in [-0.2, 0) is 6.54 Å². The molecular formula is C23H30ClN2O4-. The lowest BCUT2D eigenvalue weighted by Gasteiger charge is -2.35. The molecule has 2 aromatic carbocycles. The molecule has 164 valence electrons. The number of hydrogen-bond acceptors (Lipinski definition) is 6. The van der Waals surface area contributed by atoms with E-state index in [-0.39, 0.29) is 12.4 Å². The molecule has 0 radical (unpaired) electrons. The predicted octanol–water partition coefficient (Wildman–Crippen LogP) is -0.406. The maximum Gasteiger partial charge on any atom is 0.231 e. The van der Waals surface area contributed by atoms with Crippen molar-refractivity contribution in [2.45, 2.75) is 26.5 Å². The maximum atomic E-state index is 10.4. The van der Waals surface area contributed by atoms with Crippen molar-refractivity contribution in [3.63, 3.8) is 0 Å². The number of benzene rings is 2. The maximum absolute atomic E-state index is 10.4. The summed E-state index contributed by atoms with van der Waals surface area (Å²) in [4.78, 5) is 4.75. The Hall–Kier alpha value is -1.99. The van der Waals surface area contributed by atoms with Crippen molar-refractivity contribution < 1.29 is 31.7 Å². The lowest BCUT2D eigenvalue weighted by atomic mass is 10.1. The molecule has 2 aliphatic rings. The molecule has 1 atom stereocenters. The Morgan fingerprint density at radius 3 is 2.47 bits per heavy atom. The summed E-state index contributed by atoms with van der Waals surface area (Å²) < 4.78 is 16.7. The molecular weight excluding hydrogens is 404 g/mol. The zero-order chi connectivity index (χ0) is 20.2. The summed E-state index contributed by atoms with van der Waals surface area (Å²) in [5, 5.41) is 10.4. The molecule has 0 saturated carbocycles. The van der Waals surface area contributed by atoms with Crippen LogP contribution >= 0.6 is 0 Å². The van der Waals surface area contributed by atoms with Crippen LogP contribution in [0.1, 0.15) is 16.7 Å². The zero-order valence-corrected chi connectivity index (χ0v) is 18.4. The van der Waals surface area contributed by atoms with Gasteiger partial charge in [0, 0.05) is 39.3 Å². The minimum absolute atomic E-state index is 0. The first-order valence-corrected chi connectivity index (χ1v) is 10.3. The Bertz CT molecular complexity index is 840. The Morgan fingerprint density at radius 1 is 0.967 bits per heavy atom. The van der Waals surface area contributed by atoms with E-state index in [0.29, 0.717) is 19.9 Å². The SMILES string of the molecule is Cc1ccc(OCC(O)CN2CCN(Cc3ccc4c(c3)OCO4)CC2)c(C)c1.[Cl-]. The van der Waals surface area contributed by atoms with Crippen LogP contribution in [0.15, 0.2) is 36.4 Å². The first kappa shape index (κ1) is 22.7. The summed E-state index contributed by atoms with van der Waals surface area (Å²) in [5.41, 5.74) is 3.56. The fourth-order valence-electron chi connectivity index (χ4n) is 3.93. The molecule has 4 rings (SSSR count). The van der Waals surface area contributed by atoms with Crippen LogP contribution in [-0.4, -0.2) is 67.1 Å². The summed E-state index contributed by atoms with van der Waals surface area (Å²) in [6.45, 7) is 10.2. The zero-order valence-electron chi connectivity index (χ0n) is 17.6. The molecule has 0 amide bonds. The summed E-state index contributed by atoms with van der Waals surface area (Å²) in [5.74, 6) is 2.52. The highest BCUT2D eigenvalue weighted by Gasteiger charge is 2.21. The number of ether oxygens (including phenoxy) is 3. The standard InChI is InChI=1S/C23H30N2O4.ClH/c1-17-3-5-21(18(2)11-17)27-15-20(26)14-25-9-7-24(8-10-25)13-19-4-6-22-23(12-19)29-16-28-22;/h3-6,11-12,20,26H,7-10,13-16H2,1-2H3;1H/p-1. The number of β-amino-alcohol motifs (C(OH)–C–C–N with tert-alkyl or cyclic N) is 1. The van der Waals surface area contributed by atoms with Crippen LogP contribution < -0.4 is 26.6 Å². The highest BCUT2D eigenvalue weighted by molar-refractivity contribution is 5.44. The smallest absolute Gasteiger partial charge is 0.231 e. The molecule has 0 bridgehead atoms. The minimum Gasteiger partial charge on any atom is -1.00 e. The van der Waals surface area contributed by atoms with E-state index in [2.05, 4.69) is 34.9 Å². The lowest BCUT2D eigenvalue weighted by molar-refractivity contribution is -0.0000101. The van der Waals surface area contributed by atoms with E-state index in [9.17, 15) is 5.11 Å². The number of piperazine rings is 1. The second-order valence-corrected chi connectivity index (χ2v) is 8.00. The van der Waals surface area contributed by atoms with Gasteiger partial charge in [-0.1, -0.05) is 23.8 Å². The first-order valence-electron chi connectivity index (χ1n) is 10.3. The first-order chi connectivity index (χ1) is 14.1. The monoisotopic (exact) mass is 433 g/mol. The van der Waals surface area contributed by atoms with E-state index < -0.39 is 6.10 Å². The average molecular weight is 434 g/mol. The van der Waals surface area contributed by atoms with E-state index >= 15 is 0 Å². The number of fused-ring (bicyclic) bond motifs is 1. The van der Waals surface area contributed by atoms with E-state index in [0.717, 1.165) is 55.5 Å². The number of aliphatic hydroxyl groups excluding tert-OH is 1. The molecule has 0 spiro atoms. The third kappa shape index (κ3) is 5.79. The van der Waals surface area contributed by atoms with Gasteiger partial charge in [-0.05, 0) is 43.2 Å². The van der Waals surface area contributed by atoms with E-state index in [1.165, 1.54) is 11.1 Å². The molecule has 0 aromatic heterocycles. The van der Waals surface area contributed by atoms with Gasteiger partial charge in [-0.25, -0.2) is 0 Å². The van der Waals surface area contributed by atoms with Gasteiger partial charge in [0.25, 0.3) is 0 Å². The molecule has 1 fully saturated rings. The van der Waals surface area contributed by atoms with E-state index in [4.69, 9.17) is 14.2 Å². The normalized spacial score (nSPS) is 17.4. The van der Waals surface area contributed by atoms with Gasteiger partial charge in [-0.3, -0.25) is 9.80 Å². The lowest BCUT2D eigenvalue weighted by Crippen LogP contribution is -3.00. The molecule has 30 heavy (non-hydrogen) atoms. The number of rotatable bonds is 7. The third-order valence-corrected chi connectivity index (χ3v) is 5.54. The summed E-state index contributed by atoms with van der Waals surface area (Å²) >= 11 is 0. The molecule has 7 heteroatoms. The highest BCUT2D eigenvalue weighted by atomic mass is 35.5. The number of halogens is 1. The van der Waals surface area contributed by atoms with Crippen LogP contribution in [0.4, 0.5) is 0 Å². The Labute approximate surface area is 184 Å². The van der Waals surface area contributed by atoms with Gasteiger partial charge in [-0.15, -0.1) is 0 Å². The van der Waals surface area contributed by atoms with Gasteiger partial charge in [0.1, 0.15) is 18.5 Å². The van der Waals surface area contributed by atoms with Crippen molar-refractivity contribution in [3.05, 3.63) is 53.1 Å². The number of aliphatic hydroxyl groups is 1. The molecule has 2 aliphatic heterocycles. The summed E-state index contributed by atoms with van der Waals surface area (Å²) in [6.07, 6.45) is -0.490. The van der Waals surface area contributed by atoms with Crippen molar-refractivity contribution in [3.8, 4) is 17.2 Å². The Kier molecular flexibility index (Phi) is 7.83. The largest absolute Gasteiger partial charge is 1.00 e. The fourth-order valence-corrected chi connectivity index (χ4v) is 3.93. The van der Waals surface area contributed by atoms with Gasteiger partial charge in [0.2, 0.25) is 6.79 Å². The van der Waals surface area contributed by atoms with Crippen LogP contribution in [0.5, 0.6) is 17.2 Å². The van der Waals surface area contributed by atoms with Gasteiger partial charge < -0.3 is 31.7 Å². The van der Waals surface area contributed by atoms with Crippen LogP contribution in [0.2, 0.25) is 0 Å². The second kappa shape index (κ2) is 10.4.